The summed E-state index contributed by atoms with van der Waals surface area (Å²) in [6.45, 7) is 13.0. The predicted octanol–water partition coefficient (Wildman–Crippen LogP) is 2.76. The Hall–Kier alpha value is -0.860. The lowest BCUT2D eigenvalue weighted by molar-refractivity contribution is 0.244. The fourth-order valence-corrected chi connectivity index (χ4v) is 2.45. The molecule has 2 nitrogen and oxygen atoms in total. The predicted molar refractivity (Wildman–Crippen MR) is 75.1 cm³/mol. The number of hydrogen-bond donors (Lipinski definition) is 1. The molecule has 1 rings (SSSR count). The number of rotatable bonds is 6. The van der Waals surface area contributed by atoms with E-state index >= 15 is 0 Å². The summed E-state index contributed by atoms with van der Waals surface area (Å²) in [5, 5.41) is 0. The molecule has 1 aromatic carbocycles. The summed E-state index contributed by atoms with van der Waals surface area (Å²) in [4.78, 5) is 2.47. The molecule has 0 bridgehead atoms. The van der Waals surface area contributed by atoms with Gasteiger partial charge in [-0.05, 0) is 24.2 Å². The third-order valence-electron chi connectivity index (χ3n) is 3.48. The molecular weight excluding hydrogens is 208 g/mol. The third-order valence-corrected chi connectivity index (χ3v) is 3.48. The lowest BCUT2D eigenvalue weighted by atomic mass is 9.81. The molecule has 17 heavy (non-hydrogen) atoms. The van der Waals surface area contributed by atoms with Crippen LogP contribution in [0.15, 0.2) is 24.3 Å². The molecule has 0 saturated heterocycles. The SMILES string of the molecule is CCN(CC)CC(C)(C)c1ccccc1CN. The van der Waals surface area contributed by atoms with Gasteiger partial charge >= 0.3 is 0 Å². The Bertz CT molecular complexity index is 341. The Morgan fingerprint density at radius 1 is 1.12 bits per heavy atom. The summed E-state index contributed by atoms with van der Waals surface area (Å²) in [5.41, 5.74) is 8.64. The van der Waals surface area contributed by atoms with Crippen LogP contribution in [0.5, 0.6) is 0 Å². The number of hydrogen-bond acceptors (Lipinski definition) is 2. The molecule has 0 radical (unpaired) electrons. The van der Waals surface area contributed by atoms with Crippen LogP contribution >= 0.6 is 0 Å². The first-order valence-electron chi connectivity index (χ1n) is 6.56. The Kier molecular flexibility index (Phi) is 5.16. The number of nitrogens with zero attached hydrogens (tertiary/aromatic N) is 1. The monoisotopic (exact) mass is 234 g/mol. The van der Waals surface area contributed by atoms with Crippen LogP contribution in [0.2, 0.25) is 0 Å². The molecule has 0 heterocycles. The summed E-state index contributed by atoms with van der Waals surface area (Å²) in [7, 11) is 0. The molecule has 0 aliphatic carbocycles. The van der Waals surface area contributed by atoms with Crippen LogP contribution in [-0.2, 0) is 12.0 Å². The lowest BCUT2D eigenvalue weighted by Gasteiger charge is -2.33. The molecule has 0 aliphatic rings. The van der Waals surface area contributed by atoms with Crippen molar-refractivity contribution in [3.05, 3.63) is 35.4 Å². The molecule has 0 unspecified atom stereocenters. The highest BCUT2D eigenvalue weighted by molar-refractivity contribution is 5.33. The van der Waals surface area contributed by atoms with Gasteiger partial charge in [0.1, 0.15) is 0 Å². The highest BCUT2D eigenvalue weighted by atomic mass is 15.1. The summed E-state index contributed by atoms with van der Waals surface area (Å²) in [6.07, 6.45) is 0. The lowest BCUT2D eigenvalue weighted by Crippen LogP contribution is -2.37. The third kappa shape index (κ3) is 3.55. The van der Waals surface area contributed by atoms with Crippen LogP contribution in [0.3, 0.4) is 0 Å². The Morgan fingerprint density at radius 2 is 1.71 bits per heavy atom. The van der Waals surface area contributed by atoms with E-state index in [2.05, 4.69) is 56.9 Å². The van der Waals surface area contributed by atoms with Crippen LogP contribution in [0, 0.1) is 0 Å². The molecule has 0 amide bonds. The maximum Gasteiger partial charge on any atom is 0.0181 e. The quantitative estimate of drug-likeness (QED) is 0.820. The van der Waals surface area contributed by atoms with E-state index in [1.807, 2.05) is 0 Å². The average Bonchev–Trinajstić information content (AvgIpc) is 2.35. The normalized spacial score (nSPS) is 12.1. The molecule has 0 fully saturated rings. The highest BCUT2D eigenvalue weighted by Crippen LogP contribution is 2.27. The van der Waals surface area contributed by atoms with Crippen molar-refractivity contribution in [3.8, 4) is 0 Å². The van der Waals surface area contributed by atoms with Gasteiger partial charge in [-0.3, -0.25) is 0 Å². The van der Waals surface area contributed by atoms with E-state index in [1.54, 1.807) is 0 Å². The van der Waals surface area contributed by atoms with Gasteiger partial charge in [0.15, 0.2) is 0 Å². The van der Waals surface area contributed by atoms with Crippen LogP contribution in [0.1, 0.15) is 38.8 Å². The van der Waals surface area contributed by atoms with Gasteiger partial charge in [0, 0.05) is 18.5 Å². The fourth-order valence-electron chi connectivity index (χ4n) is 2.45. The Morgan fingerprint density at radius 3 is 2.24 bits per heavy atom. The molecule has 2 N–H and O–H groups in total. The van der Waals surface area contributed by atoms with Crippen LogP contribution in [0.25, 0.3) is 0 Å². The summed E-state index contributed by atoms with van der Waals surface area (Å²) in [5.74, 6) is 0. The van der Waals surface area contributed by atoms with Gasteiger partial charge in [-0.15, -0.1) is 0 Å². The first-order valence-corrected chi connectivity index (χ1v) is 6.56. The standard InChI is InChI=1S/C15H26N2/c1-5-17(6-2)12-15(3,4)14-10-8-7-9-13(14)11-16/h7-10H,5-6,11-12,16H2,1-4H3. The molecule has 0 atom stereocenters. The molecule has 1 aromatic rings. The minimum atomic E-state index is 0.155. The smallest absolute Gasteiger partial charge is 0.0181 e. The van der Waals surface area contributed by atoms with Gasteiger partial charge in [0.25, 0.3) is 0 Å². The number of likely N-dealkylation sites (N-methyl/N-ethyl adjacent to an activating group) is 1. The van der Waals surface area contributed by atoms with Crippen molar-refractivity contribution in [2.75, 3.05) is 19.6 Å². The minimum absolute atomic E-state index is 0.155. The zero-order chi connectivity index (χ0) is 12.9. The van der Waals surface area contributed by atoms with Gasteiger partial charge in [0.05, 0.1) is 0 Å². The maximum atomic E-state index is 5.83. The van der Waals surface area contributed by atoms with E-state index in [4.69, 9.17) is 5.73 Å². The molecule has 96 valence electrons. The second kappa shape index (κ2) is 6.18. The Balaban J connectivity index is 2.95. The minimum Gasteiger partial charge on any atom is -0.326 e. The second-order valence-corrected chi connectivity index (χ2v) is 5.21. The number of nitrogens with two attached hydrogens (primary N) is 1. The van der Waals surface area contributed by atoms with Crippen molar-refractivity contribution < 1.29 is 0 Å². The van der Waals surface area contributed by atoms with Gasteiger partial charge in [0.2, 0.25) is 0 Å². The summed E-state index contributed by atoms with van der Waals surface area (Å²) < 4.78 is 0. The molecule has 0 aromatic heterocycles. The van der Waals surface area contributed by atoms with E-state index in [9.17, 15) is 0 Å². The first kappa shape index (κ1) is 14.2. The van der Waals surface area contributed by atoms with E-state index < -0.39 is 0 Å². The highest BCUT2D eigenvalue weighted by Gasteiger charge is 2.24. The zero-order valence-electron chi connectivity index (χ0n) is 11.7. The van der Waals surface area contributed by atoms with Crippen LogP contribution in [-0.4, -0.2) is 24.5 Å². The van der Waals surface area contributed by atoms with Crippen LogP contribution in [0.4, 0.5) is 0 Å². The fraction of sp³-hybridized carbons (Fsp3) is 0.600. The van der Waals surface area contributed by atoms with Crippen LogP contribution < -0.4 is 5.73 Å². The zero-order valence-corrected chi connectivity index (χ0v) is 11.7. The van der Waals surface area contributed by atoms with Crippen molar-refractivity contribution >= 4 is 0 Å². The summed E-state index contributed by atoms with van der Waals surface area (Å²) in [6, 6.07) is 8.53. The van der Waals surface area contributed by atoms with Gasteiger partial charge < -0.3 is 10.6 Å². The van der Waals surface area contributed by atoms with Crippen molar-refractivity contribution in [3.63, 3.8) is 0 Å². The molecule has 0 aliphatic heterocycles. The van der Waals surface area contributed by atoms with Crippen molar-refractivity contribution in [1.82, 2.24) is 4.90 Å². The molecule has 2 heteroatoms. The molecular formula is C15H26N2. The van der Waals surface area contributed by atoms with E-state index in [-0.39, 0.29) is 5.41 Å². The van der Waals surface area contributed by atoms with E-state index in [0.717, 1.165) is 19.6 Å². The largest absolute Gasteiger partial charge is 0.326 e. The maximum absolute atomic E-state index is 5.83. The number of benzene rings is 1. The summed E-state index contributed by atoms with van der Waals surface area (Å²) >= 11 is 0. The van der Waals surface area contributed by atoms with Gasteiger partial charge in [-0.25, -0.2) is 0 Å². The first-order chi connectivity index (χ1) is 8.05. The topological polar surface area (TPSA) is 29.3 Å². The Labute approximate surface area is 106 Å². The average molecular weight is 234 g/mol. The van der Waals surface area contributed by atoms with Crippen molar-refractivity contribution in [2.24, 2.45) is 5.73 Å². The second-order valence-electron chi connectivity index (χ2n) is 5.21. The van der Waals surface area contributed by atoms with Gasteiger partial charge in [-0.1, -0.05) is 52.0 Å². The molecule has 0 spiro atoms. The molecule has 0 saturated carbocycles. The van der Waals surface area contributed by atoms with Crippen molar-refractivity contribution in [1.29, 1.82) is 0 Å². The van der Waals surface area contributed by atoms with E-state index in [1.165, 1.54) is 11.1 Å². The van der Waals surface area contributed by atoms with Gasteiger partial charge in [-0.2, -0.15) is 0 Å². The van der Waals surface area contributed by atoms with E-state index in [0.29, 0.717) is 6.54 Å². The van der Waals surface area contributed by atoms with Crippen molar-refractivity contribution in [2.45, 2.75) is 39.7 Å².